The smallest absolute Gasteiger partial charge is 0.253 e. The van der Waals surface area contributed by atoms with Crippen molar-refractivity contribution in [2.45, 2.75) is 29.9 Å². The SMILES string of the molecule is CS(=O)(=O)c1ccc(NC(=O)C2CCC(CN)O2)cc1. The van der Waals surface area contributed by atoms with Crippen LogP contribution in [0.5, 0.6) is 0 Å². The number of nitrogens with one attached hydrogen (secondary N) is 1. The van der Waals surface area contributed by atoms with Gasteiger partial charge >= 0.3 is 0 Å². The Bertz CT molecular complexity index is 583. The summed E-state index contributed by atoms with van der Waals surface area (Å²) in [7, 11) is -3.23. The Balaban J connectivity index is 1.98. The number of carbonyl (C=O) groups is 1. The first-order valence-electron chi connectivity index (χ1n) is 6.36. The van der Waals surface area contributed by atoms with Gasteiger partial charge in [0, 0.05) is 18.5 Å². The Labute approximate surface area is 118 Å². The zero-order chi connectivity index (χ0) is 14.8. The van der Waals surface area contributed by atoms with E-state index < -0.39 is 15.9 Å². The summed E-state index contributed by atoms with van der Waals surface area (Å²) in [6, 6.07) is 6.04. The number of carbonyl (C=O) groups excluding carboxylic acids is 1. The minimum absolute atomic E-state index is 0.0571. The fourth-order valence-corrected chi connectivity index (χ4v) is 2.71. The lowest BCUT2D eigenvalue weighted by Gasteiger charge is -2.12. The molecule has 6 nitrogen and oxygen atoms in total. The van der Waals surface area contributed by atoms with E-state index in [4.69, 9.17) is 10.5 Å². The Hall–Kier alpha value is -1.44. The van der Waals surface area contributed by atoms with Crippen LogP contribution in [0.15, 0.2) is 29.2 Å². The Morgan fingerprint density at radius 3 is 2.50 bits per heavy atom. The van der Waals surface area contributed by atoms with Gasteiger partial charge in [-0.2, -0.15) is 0 Å². The number of anilines is 1. The van der Waals surface area contributed by atoms with Gasteiger partial charge in [0.25, 0.3) is 5.91 Å². The van der Waals surface area contributed by atoms with E-state index in [1.807, 2.05) is 0 Å². The van der Waals surface area contributed by atoms with E-state index in [0.717, 1.165) is 12.7 Å². The maximum atomic E-state index is 12.0. The van der Waals surface area contributed by atoms with Crippen molar-refractivity contribution >= 4 is 21.4 Å². The minimum atomic E-state index is -3.23. The average molecular weight is 298 g/mol. The highest BCUT2D eigenvalue weighted by Crippen LogP contribution is 2.21. The molecule has 0 aliphatic carbocycles. The van der Waals surface area contributed by atoms with E-state index in [2.05, 4.69) is 5.32 Å². The number of nitrogens with two attached hydrogens (primary N) is 1. The molecule has 1 aliphatic rings. The average Bonchev–Trinajstić information content (AvgIpc) is 2.87. The van der Waals surface area contributed by atoms with Crippen molar-refractivity contribution in [3.63, 3.8) is 0 Å². The van der Waals surface area contributed by atoms with Gasteiger partial charge in [0.1, 0.15) is 6.10 Å². The Kier molecular flexibility index (Phi) is 4.42. The minimum Gasteiger partial charge on any atom is -0.364 e. The molecule has 0 bridgehead atoms. The molecule has 1 aliphatic heterocycles. The van der Waals surface area contributed by atoms with Crippen LogP contribution >= 0.6 is 0 Å². The number of hydrogen-bond donors (Lipinski definition) is 2. The summed E-state index contributed by atoms with van der Waals surface area (Å²) < 4.78 is 28.1. The van der Waals surface area contributed by atoms with E-state index in [9.17, 15) is 13.2 Å². The van der Waals surface area contributed by atoms with Crippen molar-refractivity contribution in [1.82, 2.24) is 0 Å². The van der Waals surface area contributed by atoms with E-state index in [1.54, 1.807) is 12.1 Å². The van der Waals surface area contributed by atoms with Crippen LogP contribution in [0.2, 0.25) is 0 Å². The molecule has 20 heavy (non-hydrogen) atoms. The molecule has 3 N–H and O–H groups in total. The van der Waals surface area contributed by atoms with E-state index in [-0.39, 0.29) is 16.9 Å². The summed E-state index contributed by atoms with van der Waals surface area (Å²) in [5.74, 6) is -0.229. The van der Waals surface area contributed by atoms with Crippen LogP contribution in [0.3, 0.4) is 0 Å². The Morgan fingerprint density at radius 1 is 1.35 bits per heavy atom. The second-order valence-corrected chi connectivity index (χ2v) is 6.86. The highest BCUT2D eigenvalue weighted by molar-refractivity contribution is 7.90. The molecule has 110 valence electrons. The van der Waals surface area contributed by atoms with Crippen molar-refractivity contribution in [2.24, 2.45) is 5.73 Å². The van der Waals surface area contributed by atoms with Crippen molar-refractivity contribution in [3.05, 3.63) is 24.3 Å². The number of amides is 1. The molecular formula is C13H18N2O4S. The summed E-state index contributed by atoms with van der Waals surface area (Å²) in [6.45, 7) is 0.410. The second kappa shape index (κ2) is 5.90. The van der Waals surface area contributed by atoms with Crippen LogP contribution in [0, 0.1) is 0 Å². The summed E-state index contributed by atoms with van der Waals surface area (Å²) >= 11 is 0. The number of sulfone groups is 1. The highest BCUT2D eigenvalue weighted by Gasteiger charge is 2.29. The van der Waals surface area contributed by atoms with Gasteiger partial charge in [-0.15, -0.1) is 0 Å². The summed E-state index contributed by atoms with van der Waals surface area (Å²) in [5, 5.41) is 2.71. The third-order valence-corrected chi connectivity index (χ3v) is 4.34. The first-order valence-corrected chi connectivity index (χ1v) is 8.26. The molecule has 1 aromatic rings. The molecule has 2 rings (SSSR count). The zero-order valence-electron chi connectivity index (χ0n) is 11.2. The standard InChI is InChI=1S/C13H18N2O4S/c1-20(17,18)11-5-2-9(3-6-11)15-13(16)12-7-4-10(8-14)19-12/h2-3,5-6,10,12H,4,7-8,14H2,1H3,(H,15,16). The molecule has 0 aromatic heterocycles. The quantitative estimate of drug-likeness (QED) is 0.845. The number of benzene rings is 1. The van der Waals surface area contributed by atoms with Gasteiger partial charge in [-0.05, 0) is 37.1 Å². The number of hydrogen-bond acceptors (Lipinski definition) is 5. The van der Waals surface area contributed by atoms with Crippen molar-refractivity contribution in [1.29, 1.82) is 0 Å². The normalized spacial score (nSPS) is 22.7. The Morgan fingerprint density at radius 2 is 2.00 bits per heavy atom. The van der Waals surface area contributed by atoms with Crippen molar-refractivity contribution < 1.29 is 17.9 Å². The first kappa shape index (κ1) is 15.0. The third-order valence-electron chi connectivity index (χ3n) is 3.21. The van der Waals surface area contributed by atoms with Gasteiger partial charge in [0.2, 0.25) is 0 Å². The van der Waals surface area contributed by atoms with Gasteiger partial charge in [-0.3, -0.25) is 4.79 Å². The second-order valence-electron chi connectivity index (χ2n) is 4.85. The fraction of sp³-hybridized carbons (Fsp3) is 0.462. The summed E-state index contributed by atoms with van der Waals surface area (Å²) in [6.07, 6.45) is 2.02. The van der Waals surface area contributed by atoms with Gasteiger partial charge in [0.15, 0.2) is 9.84 Å². The molecule has 1 aromatic carbocycles. The lowest BCUT2D eigenvalue weighted by atomic mass is 10.2. The molecule has 7 heteroatoms. The largest absolute Gasteiger partial charge is 0.364 e. The molecule has 1 saturated heterocycles. The molecule has 1 fully saturated rings. The number of ether oxygens (including phenoxy) is 1. The van der Waals surface area contributed by atoms with Gasteiger partial charge in [-0.1, -0.05) is 0 Å². The molecule has 2 atom stereocenters. The van der Waals surface area contributed by atoms with Crippen LogP contribution in [-0.2, 0) is 19.4 Å². The lowest BCUT2D eigenvalue weighted by Crippen LogP contribution is -2.29. The van der Waals surface area contributed by atoms with E-state index >= 15 is 0 Å². The number of rotatable bonds is 4. The van der Waals surface area contributed by atoms with E-state index in [0.29, 0.717) is 18.7 Å². The molecule has 0 radical (unpaired) electrons. The molecule has 0 spiro atoms. The third kappa shape index (κ3) is 3.56. The van der Waals surface area contributed by atoms with Crippen molar-refractivity contribution in [3.8, 4) is 0 Å². The van der Waals surface area contributed by atoms with Crippen molar-refractivity contribution in [2.75, 3.05) is 18.1 Å². The lowest BCUT2D eigenvalue weighted by molar-refractivity contribution is -0.126. The van der Waals surface area contributed by atoms with Crippen LogP contribution in [0.25, 0.3) is 0 Å². The molecule has 1 heterocycles. The van der Waals surface area contributed by atoms with Crippen LogP contribution in [0.4, 0.5) is 5.69 Å². The zero-order valence-corrected chi connectivity index (χ0v) is 12.0. The predicted octanol–water partition coefficient (Wildman–Crippen LogP) is 0.535. The first-order chi connectivity index (χ1) is 9.40. The van der Waals surface area contributed by atoms with Gasteiger partial charge < -0.3 is 15.8 Å². The summed E-state index contributed by atoms with van der Waals surface area (Å²) in [5.41, 5.74) is 6.04. The van der Waals surface area contributed by atoms with Gasteiger partial charge in [0.05, 0.1) is 11.0 Å². The maximum Gasteiger partial charge on any atom is 0.253 e. The highest BCUT2D eigenvalue weighted by atomic mass is 32.2. The van der Waals surface area contributed by atoms with Gasteiger partial charge in [-0.25, -0.2) is 8.42 Å². The topological polar surface area (TPSA) is 98.5 Å². The molecule has 1 amide bonds. The molecule has 0 saturated carbocycles. The fourth-order valence-electron chi connectivity index (χ4n) is 2.08. The maximum absolute atomic E-state index is 12.0. The van der Waals surface area contributed by atoms with Crippen LogP contribution in [-0.4, -0.2) is 39.3 Å². The molecule has 2 unspecified atom stereocenters. The monoisotopic (exact) mass is 298 g/mol. The van der Waals surface area contributed by atoms with Crippen LogP contribution in [0.1, 0.15) is 12.8 Å². The predicted molar refractivity (Wildman–Crippen MR) is 75.1 cm³/mol. The molecular weight excluding hydrogens is 280 g/mol. The van der Waals surface area contributed by atoms with Crippen LogP contribution < -0.4 is 11.1 Å². The van der Waals surface area contributed by atoms with E-state index in [1.165, 1.54) is 12.1 Å². The summed E-state index contributed by atoms with van der Waals surface area (Å²) in [4.78, 5) is 12.2.